The van der Waals surface area contributed by atoms with Crippen LogP contribution in [0.25, 0.3) is 10.8 Å². The van der Waals surface area contributed by atoms with Crippen molar-refractivity contribution in [1.82, 2.24) is 15.1 Å². The number of hydrogen-bond acceptors (Lipinski definition) is 12. The Morgan fingerprint density at radius 3 is 2.72 bits per heavy atom. The predicted octanol–water partition coefficient (Wildman–Crippen LogP) is 4.66. The highest BCUT2D eigenvalue weighted by atomic mass is 31.2. The standard InChI is InChI=1S/C29H38N7O6P/c1-17(2)40-28(37)18(3)35-43(38,42-23-12-8-10-19-9-6-7-11-22(19)23)39-16-21-15-20-13-14-31-24-25(32-27(20)41-21)33-29(30)34-26(24)36(4)5/h6-12,14,17-18,20-21,27H,13,15-16H2,1-5H3,(H,35,38)(H3,30,32,33,34)/t18-,20?,21-,27+,43-/m0/s1. The summed E-state index contributed by atoms with van der Waals surface area (Å²) in [4.78, 5) is 27.7. The van der Waals surface area contributed by atoms with E-state index in [9.17, 15) is 9.36 Å². The number of anilines is 3. The third-order valence-corrected chi connectivity index (χ3v) is 8.63. The Bertz CT molecular complexity index is 1550. The van der Waals surface area contributed by atoms with E-state index in [4.69, 9.17) is 24.3 Å². The van der Waals surface area contributed by atoms with Gasteiger partial charge in [-0.1, -0.05) is 36.4 Å². The van der Waals surface area contributed by atoms with E-state index in [0.29, 0.717) is 35.9 Å². The van der Waals surface area contributed by atoms with Crippen LogP contribution in [0, 0.1) is 5.92 Å². The minimum absolute atomic E-state index is 0.0377. The molecule has 230 valence electrons. The largest absolute Gasteiger partial charge is 0.462 e. The van der Waals surface area contributed by atoms with Crippen molar-refractivity contribution >= 4 is 54.0 Å². The fourth-order valence-electron chi connectivity index (χ4n) is 5.02. The number of carbonyl (C=O) groups is 1. The molecule has 14 heteroatoms. The average molecular weight is 612 g/mol. The van der Waals surface area contributed by atoms with Crippen LogP contribution < -0.4 is 25.6 Å². The molecule has 0 spiro atoms. The van der Waals surface area contributed by atoms with E-state index >= 15 is 0 Å². The zero-order chi connectivity index (χ0) is 30.7. The molecule has 2 aliphatic rings. The molecule has 43 heavy (non-hydrogen) atoms. The van der Waals surface area contributed by atoms with Crippen LogP contribution in [0.5, 0.6) is 5.75 Å². The Balaban J connectivity index is 1.34. The molecule has 4 N–H and O–H groups in total. The molecule has 0 aliphatic carbocycles. The van der Waals surface area contributed by atoms with Gasteiger partial charge in [0.15, 0.2) is 11.6 Å². The molecule has 0 saturated carbocycles. The lowest BCUT2D eigenvalue weighted by Gasteiger charge is -2.25. The minimum Gasteiger partial charge on any atom is -0.462 e. The molecule has 0 bridgehead atoms. The summed E-state index contributed by atoms with van der Waals surface area (Å²) in [6, 6.07) is 12.0. The Morgan fingerprint density at radius 2 is 1.95 bits per heavy atom. The van der Waals surface area contributed by atoms with Crippen LogP contribution >= 0.6 is 7.75 Å². The molecule has 1 fully saturated rings. The van der Waals surface area contributed by atoms with Gasteiger partial charge in [-0.05, 0) is 45.1 Å². The molecule has 2 aromatic carbocycles. The van der Waals surface area contributed by atoms with E-state index in [2.05, 4.69) is 25.4 Å². The molecule has 0 amide bonds. The van der Waals surface area contributed by atoms with Gasteiger partial charge in [0.05, 0.1) is 18.8 Å². The lowest BCUT2D eigenvalue weighted by Crippen LogP contribution is -2.36. The number of ether oxygens (including phenoxy) is 2. The van der Waals surface area contributed by atoms with Gasteiger partial charge in [-0.25, -0.2) is 4.57 Å². The normalized spacial score (nSPS) is 21.6. The number of rotatable bonds is 10. The maximum absolute atomic E-state index is 14.2. The second kappa shape index (κ2) is 12.8. The van der Waals surface area contributed by atoms with E-state index in [1.807, 2.05) is 55.5 Å². The summed E-state index contributed by atoms with van der Waals surface area (Å²) in [5.41, 5.74) is 6.54. The van der Waals surface area contributed by atoms with E-state index < -0.39 is 32.1 Å². The van der Waals surface area contributed by atoms with Gasteiger partial charge in [0.2, 0.25) is 5.95 Å². The number of hydrogen-bond donors (Lipinski definition) is 3. The molecule has 1 saturated heterocycles. The first-order chi connectivity index (χ1) is 20.5. The summed E-state index contributed by atoms with van der Waals surface area (Å²) in [7, 11) is -0.395. The van der Waals surface area contributed by atoms with Crippen molar-refractivity contribution < 1.29 is 27.9 Å². The highest BCUT2D eigenvalue weighted by Crippen LogP contribution is 2.48. The number of benzene rings is 2. The van der Waals surface area contributed by atoms with Gasteiger partial charge in [-0.3, -0.25) is 14.3 Å². The van der Waals surface area contributed by atoms with Crippen molar-refractivity contribution in [1.29, 1.82) is 0 Å². The van der Waals surface area contributed by atoms with Gasteiger partial charge in [0.25, 0.3) is 0 Å². The molecule has 5 rings (SSSR count). The van der Waals surface area contributed by atoms with Gasteiger partial charge in [-0.2, -0.15) is 15.1 Å². The molecule has 0 radical (unpaired) electrons. The fourth-order valence-corrected chi connectivity index (χ4v) is 6.56. The Kier molecular flexibility index (Phi) is 9.16. The van der Waals surface area contributed by atoms with Crippen molar-refractivity contribution in [3.63, 3.8) is 0 Å². The lowest BCUT2D eigenvalue weighted by atomic mass is 9.99. The van der Waals surface area contributed by atoms with Gasteiger partial charge in [0, 0.05) is 31.6 Å². The summed E-state index contributed by atoms with van der Waals surface area (Å²) in [5.74, 6) is 0.990. The first-order valence-electron chi connectivity index (χ1n) is 14.2. The minimum atomic E-state index is -4.11. The van der Waals surface area contributed by atoms with Crippen LogP contribution in [0.15, 0.2) is 47.5 Å². The van der Waals surface area contributed by atoms with Gasteiger partial charge < -0.3 is 29.9 Å². The van der Waals surface area contributed by atoms with Gasteiger partial charge >= 0.3 is 13.7 Å². The molecule has 3 aromatic rings. The topological polar surface area (TPSA) is 163 Å². The third kappa shape index (κ3) is 7.24. The van der Waals surface area contributed by atoms with E-state index in [1.54, 1.807) is 32.9 Å². The lowest BCUT2D eigenvalue weighted by molar-refractivity contribution is -0.149. The van der Waals surface area contributed by atoms with Crippen LogP contribution in [0.2, 0.25) is 0 Å². The molecular formula is C29H38N7O6P. The SMILES string of the molecule is CC(C)OC(=O)[C@H](C)N[P@](=O)(OC[C@@H]1CC2CC=Nc3c(nc(N)nc3N(C)C)N[C@@H]2O1)Oc1cccc2ccccc12. The third-order valence-electron chi connectivity index (χ3n) is 7.00. The highest BCUT2D eigenvalue weighted by molar-refractivity contribution is 7.52. The summed E-state index contributed by atoms with van der Waals surface area (Å²) in [6.45, 7) is 4.98. The van der Waals surface area contributed by atoms with Gasteiger partial charge in [0.1, 0.15) is 23.7 Å². The second-order valence-corrected chi connectivity index (χ2v) is 12.8. The number of nitrogens with zero attached hydrogens (tertiary/aromatic N) is 4. The van der Waals surface area contributed by atoms with Crippen LogP contribution in [0.3, 0.4) is 0 Å². The van der Waals surface area contributed by atoms with Crippen LogP contribution in [-0.4, -0.2) is 67.3 Å². The quantitative estimate of drug-likeness (QED) is 0.215. The number of esters is 1. The molecule has 1 unspecified atom stereocenters. The van der Waals surface area contributed by atoms with Crippen LogP contribution in [-0.2, 0) is 23.4 Å². The van der Waals surface area contributed by atoms with Crippen molar-refractivity contribution in [3.8, 4) is 5.75 Å². The fraction of sp³-hybridized carbons (Fsp3) is 0.448. The maximum Gasteiger partial charge on any atom is 0.459 e. The van der Waals surface area contributed by atoms with Crippen molar-refractivity contribution in [2.75, 3.05) is 36.7 Å². The number of nitrogen functional groups attached to an aromatic ring is 1. The van der Waals surface area contributed by atoms with Crippen molar-refractivity contribution in [2.24, 2.45) is 10.9 Å². The number of nitrogens with two attached hydrogens (primary N) is 1. The van der Waals surface area contributed by atoms with Crippen LogP contribution in [0.4, 0.5) is 23.3 Å². The summed E-state index contributed by atoms with van der Waals surface area (Å²) in [6.07, 6.45) is 1.86. The Labute approximate surface area is 250 Å². The van der Waals surface area contributed by atoms with Crippen LogP contribution in [0.1, 0.15) is 33.6 Å². The number of aliphatic imine (C=N–C) groups is 1. The summed E-state index contributed by atoms with van der Waals surface area (Å²) in [5, 5.41) is 7.75. The highest BCUT2D eigenvalue weighted by Gasteiger charge is 2.40. The van der Waals surface area contributed by atoms with E-state index in [1.165, 1.54) is 0 Å². The first-order valence-corrected chi connectivity index (χ1v) is 15.7. The predicted molar refractivity (Wildman–Crippen MR) is 166 cm³/mol. The Hall–Kier alpha value is -3.77. The van der Waals surface area contributed by atoms with Gasteiger partial charge in [-0.15, -0.1) is 0 Å². The summed E-state index contributed by atoms with van der Waals surface area (Å²) < 4.78 is 37.8. The van der Waals surface area contributed by atoms with Crippen molar-refractivity contribution in [2.45, 2.75) is 58.1 Å². The first kappa shape index (κ1) is 30.7. The molecule has 2 aliphatic heterocycles. The zero-order valence-corrected chi connectivity index (χ0v) is 25.8. The van der Waals surface area contributed by atoms with E-state index in [-0.39, 0.29) is 24.6 Å². The summed E-state index contributed by atoms with van der Waals surface area (Å²) >= 11 is 0. The monoisotopic (exact) mass is 611 g/mol. The number of aromatic nitrogens is 2. The average Bonchev–Trinajstić information content (AvgIpc) is 3.31. The van der Waals surface area contributed by atoms with Crippen molar-refractivity contribution in [3.05, 3.63) is 42.5 Å². The number of nitrogens with one attached hydrogen (secondary N) is 2. The maximum atomic E-state index is 14.2. The van der Waals surface area contributed by atoms with E-state index in [0.717, 1.165) is 10.8 Å². The molecule has 1 aromatic heterocycles. The zero-order valence-electron chi connectivity index (χ0n) is 24.9. The number of fused-ring (bicyclic) bond motifs is 3. The molecular weight excluding hydrogens is 573 g/mol. The molecule has 13 nitrogen and oxygen atoms in total. The number of carbonyl (C=O) groups excluding carboxylic acids is 1. The Morgan fingerprint density at radius 1 is 1.19 bits per heavy atom. The molecule has 5 atom stereocenters. The second-order valence-electron chi connectivity index (χ2n) is 11.1. The smallest absolute Gasteiger partial charge is 0.459 e. The molecule has 3 heterocycles.